The average molecular weight is 269 g/mol. The predicted molar refractivity (Wildman–Crippen MR) is 85.2 cm³/mol. The number of likely N-dealkylation sites (N-methyl/N-ethyl adjacent to an activating group) is 1. The van der Waals surface area contributed by atoms with Crippen LogP contribution >= 0.6 is 0 Å². The molecule has 0 fully saturated rings. The summed E-state index contributed by atoms with van der Waals surface area (Å²) in [6.45, 7) is 4.80. The Bertz CT molecular complexity index is 530. The Morgan fingerprint density at radius 1 is 1.00 bits per heavy atom. The minimum Gasteiger partial charge on any atom is -0.387 e. The SMILES string of the molecule is CCc1ccc(C(O)CN(C)c2ccc(C)cc2)cc1. The lowest BCUT2D eigenvalue weighted by Crippen LogP contribution is -2.24. The molecule has 0 spiro atoms. The number of rotatable bonds is 5. The van der Waals surface area contributed by atoms with E-state index in [1.807, 2.05) is 19.2 Å². The van der Waals surface area contributed by atoms with Gasteiger partial charge in [0.2, 0.25) is 0 Å². The molecule has 0 aliphatic carbocycles. The molecule has 2 nitrogen and oxygen atoms in total. The number of benzene rings is 2. The third-order valence-electron chi connectivity index (χ3n) is 3.69. The lowest BCUT2D eigenvalue weighted by Gasteiger charge is -2.23. The largest absolute Gasteiger partial charge is 0.387 e. The van der Waals surface area contributed by atoms with E-state index in [1.54, 1.807) is 0 Å². The summed E-state index contributed by atoms with van der Waals surface area (Å²) < 4.78 is 0. The molecule has 106 valence electrons. The van der Waals surface area contributed by atoms with Crippen molar-refractivity contribution in [3.8, 4) is 0 Å². The zero-order valence-electron chi connectivity index (χ0n) is 12.5. The van der Waals surface area contributed by atoms with Gasteiger partial charge in [-0.1, -0.05) is 48.9 Å². The summed E-state index contributed by atoms with van der Waals surface area (Å²) in [4.78, 5) is 2.08. The minimum absolute atomic E-state index is 0.466. The van der Waals surface area contributed by atoms with Gasteiger partial charge in [0.05, 0.1) is 6.10 Å². The van der Waals surface area contributed by atoms with Gasteiger partial charge in [-0.3, -0.25) is 0 Å². The molecule has 0 heterocycles. The van der Waals surface area contributed by atoms with Crippen LogP contribution in [0.25, 0.3) is 0 Å². The number of hydrogen-bond acceptors (Lipinski definition) is 2. The average Bonchev–Trinajstić information content (AvgIpc) is 2.48. The number of anilines is 1. The first-order valence-electron chi connectivity index (χ1n) is 7.15. The maximum atomic E-state index is 10.3. The Labute approximate surface area is 121 Å². The van der Waals surface area contributed by atoms with Crippen LogP contribution in [0.2, 0.25) is 0 Å². The molecule has 0 aromatic heterocycles. The van der Waals surface area contributed by atoms with E-state index in [0.29, 0.717) is 6.54 Å². The standard InChI is InChI=1S/C18H23NO/c1-4-15-7-9-16(10-8-15)18(20)13-19(3)17-11-5-14(2)6-12-17/h5-12,18,20H,4,13H2,1-3H3. The van der Waals surface area contributed by atoms with Gasteiger partial charge >= 0.3 is 0 Å². The van der Waals surface area contributed by atoms with E-state index >= 15 is 0 Å². The fraction of sp³-hybridized carbons (Fsp3) is 0.333. The predicted octanol–water partition coefficient (Wildman–Crippen LogP) is 3.73. The maximum absolute atomic E-state index is 10.3. The number of hydrogen-bond donors (Lipinski definition) is 1. The fourth-order valence-electron chi connectivity index (χ4n) is 2.24. The molecule has 2 heteroatoms. The van der Waals surface area contributed by atoms with Crippen molar-refractivity contribution in [1.29, 1.82) is 0 Å². The summed E-state index contributed by atoms with van der Waals surface area (Å²) in [7, 11) is 2.01. The van der Waals surface area contributed by atoms with Crippen molar-refractivity contribution in [1.82, 2.24) is 0 Å². The quantitative estimate of drug-likeness (QED) is 0.894. The topological polar surface area (TPSA) is 23.5 Å². The van der Waals surface area contributed by atoms with Crippen LogP contribution in [0.1, 0.15) is 29.7 Å². The monoisotopic (exact) mass is 269 g/mol. The van der Waals surface area contributed by atoms with E-state index in [1.165, 1.54) is 11.1 Å². The zero-order valence-corrected chi connectivity index (χ0v) is 12.5. The van der Waals surface area contributed by atoms with E-state index < -0.39 is 6.10 Å². The number of aliphatic hydroxyl groups excluding tert-OH is 1. The minimum atomic E-state index is -0.466. The summed E-state index contributed by atoms with van der Waals surface area (Å²) in [6, 6.07) is 16.6. The van der Waals surface area contributed by atoms with E-state index in [9.17, 15) is 5.11 Å². The molecule has 2 rings (SSSR count). The first-order valence-corrected chi connectivity index (χ1v) is 7.15. The second-order valence-electron chi connectivity index (χ2n) is 5.33. The zero-order chi connectivity index (χ0) is 14.5. The van der Waals surface area contributed by atoms with Gasteiger partial charge in [-0.25, -0.2) is 0 Å². The molecular weight excluding hydrogens is 246 g/mol. The molecule has 1 N–H and O–H groups in total. The maximum Gasteiger partial charge on any atom is 0.0964 e. The third kappa shape index (κ3) is 3.61. The van der Waals surface area contributed by atoms with E-state index in [4.69, 9.17) is 0 Å². The highest BCUT2D eigenvalue weighted by Gasteiger charge is 2.11. The highest BCUT2D eigenvalue weighted by Crippen LogP contribution is 2.19. The van der Waals surface area contributed by atoms with Crippen molar-refractivity contribution < 1.29 is 5.11 Å². The van der Waals surface area contributed by atoms with E-state index in [0.717, 1.165) is 17.7 Å². The summed E-state index contributed by atoms with van der Waals surface area (Å²) in [6.07, 6.45) is 0.562. The molecule has 0 amide bonds. The summed E-state index contributed by atoms with van der Waals surface area (Å²) in [5, 5.41) is 10.3. The molecule has 0 saturated heterocycles. The van der Waals surface area contributed by atoms with Gasteiger partial charge in [0.1, 0.15) is 0 Å². The normalized spacial score (nSPS) is 12.2. The Balaban J connectivity index is 2.02. The van der Waals surface area contributed by atoms with E-state index in [-0.39, 0.29) is 0 Å². The third-order valence-corrected chi connectivity index (χ3v) is 3.69. The summed E-state index contributed by atoms with van der Waals surface area (Å²) in [5.74, 6) is 0. The van der Waals surface area contributed by atoms with Gasteiger partial charge in [0.25, 0.3) is 0 Å². The molecule has 2 aromatic carbocycles. The molecule has 20 heavy (non-hydrogen) atoms. The van der Waals surface area contributed by atoms with Crippen LogP contribution in [0.4, 0.5) is 5.69 Å². The van der Waals surface area contributed by atoms with Crippen molar-refractivity contribution in [2.75, 3.05) is 18.5 Å². The van der Waals surface area contributed by atoms with Crippen LogP contribution in [-0.2, 0) is 6.42 Å². The number of aryl methyl sites for hydroxylation is 2. The van der Waals surface area contributed by atoms with Crippen molar-refractivity contribution in [2.45, 2.75) is 26.4 Å². The molecule has 0 saturated carbocycles. The van der Waals surface area contributed by atoms with Crippen LogP contribution in [0.3, 0.4) is 0 Å². The Morgan fingerprint density at radius 2 is 1.60 bits per heavy atom. The second-order valence-corrected chi connectivity index (χ2v) is 5.33. The van der Waals surface area contributed by atoms with Crippen molar-refractivity contribution in [2.24, 2.45) is 0 Å². The van der Waals surface area contributed by atoms with Crippen LogP contribution in [0.5, 0.6) is 0 Å². The second kappa shape index (κ2) is 6.58. The van der Waals surface area contributed by atoms with E-state index in [2.05, 4.69) is 55.1 Å². The molecule has 0 radical (unpaired) electrons. The molecule has 0 aliphatic heterocycles. The highest BCUT2D eigenvalue weighted by atomic mass is 16.3. The molecule has 1 unspecified atom stereocenters. The van der Waals surface area contributed by atoms with Crippen LogP contribution < -0.4 is 4.90 Å². The van der Waals surface area contributed by atoms with Gasteiger partial charge in [-0.15, -0.1) is 0 Å². The van der Waals surface area contributed by atoms with Crippen molar-refractivity contribution in [3.63, 3.8) is 0 Å². The first-order chi connectivity index (χ1) is 9.60. The van der Waals surface area contributed by atoms with Gasteiger partial charge in [0, 0.05) is 19.3 Å². The summed E-state index contributed by atoms with van der Waals surface area (Å²) in [5.41, 5.74) is 4.65. The number of nitrogens with zero attached hydrogens (tertiary/aromatic N) is 1. The highest BCUT2D eigenvalue weighted by molar-refractivity contribution is 5.47. The number of aliphatic hydroxyl groups is 1. The van der Waals surface area contributed by atoms with Crippen LogP contribution in [-0.4, -0.2) is 18.7 Å². The fourth-order valence-corrected chi connectivity index (χ4v) is 2.24. The van der Waals surface area contributed by atoms with Crippen molar-refractivity contribution >= 4 is 5.69 Å². The Kier molecular flexibility index (Phi) is 4.80. The van der Waals surface area contributed by atoms with Gasteiger partial charge in [-0.2, -0.15) is 0 Å². The molecular formula is C18H23NO. The molecule has 2 aromatic rings. The molecule has 1 atom stereocenters. The van der Waals surface area contributed by atoms with Gasteiger partial charge < -0.3 is 10.0 Å². The smallest absolute Gasteiger partial charge is 0.0964 e. The lowest BCUT2D eigenvalue weighted by molar-refractivity contribution is 0.185. The van der Waals surface area contributed by atoms with Gasteiger partial charge in [0.15, 0.2) is 0 Å². The Hall–Kier alpha value is -1.80. The van der Waals surface area contributed by atoms with Crippen LogP contribution in [0, 0.1) is 6.92 Å². The lowest BCUT2D eigenvalue weighted by atomic mass is 10.1. The first kappa shape index (κ1) is 14.6. The summed E-state index contributed by atoms with van der Waals surface area (Å²) >= 11 is 0. The molecule has 0 aliphatic rings. The molecule has 0 bridgehead atoms. The van der Waals surface area contributed by atoms with Crippen molar-refractivity contribution in [3.05, 3.63) is 65.2 Å². The van der Waals surface area contributed by atoms with Gasteiger partial charge in [-0.05, 0) is 36.6 Å². The van der Waals surface area contributed by atoms with Crippen LogP contribution in [0.15, 0.2) is 48.5 Å². The Morgan fingerprint density at radius 3 is 2.15 bits per heavy atom.